The van der Waals surface area contributed by atoms with E-state index in [-0.39, 0.29) is 0 Å². The minimum atomic E-state index is 0.299. The molecule has 5 heteroatoms. The molecule has 0 radical (unpaired) electrons. The molecule has 4 nitrogen and oxygen atoms in total. The van der Waals surface area contributed by atoms with Gasteiger partial charge in [0.25, 0.3) is 0 Å². The van der Waals surface area contributed by atoms with Crippen LogP contribution >= 0.6 is 22.6 Å². The predicted molar refractivity (Wildman–Crippen MR) is 73.9 cm³/mol. The molecule has 2 rings (SSSR count). The summed E-state index contributed by atoms with van der Waals surface area (Å²) in [7, 11) is 0. The molecule has 1 aromatic heterocycles. The van der Waals surface area contributed by atoms with E-state index in [1.165, 1.54) is 3.57 Å². The minimum absolute atomic E-state index is 0.299. The van der Waals surface area contributed by atoms with Crippen LogP contribution in [0.25, 0.3) is 0 Å². The molecule has 0 saturated heterocycles. The van der Waals surface area contributed by atoms with Gasteiger partial charge in [0.1, 0.15) is 18.7 Å². The van der Waals surface area contributed by atoms with Gasteiger partial charge in [0.2, 0.25) is 0 Å². The molecule has 1 heterocycles. The SMILES string of the molecule is CC(C)n1ncnc1COc1ccc(I)cc1. The maximum Gasteiger partial charge on any atom is 0.165 e. The van der Waals surface area contributed by atoms with Crippen molar-refractivity contribution in [3.63, 3.8) is 0 Å². The van der Waals surface area contributed by atoms with Crippen molar-refractivity contribution in [2.75, 3.05) is 0 Å². The molecule has 0 atom stereocenters. The van der Waals surface area contributed by atoms with E-state index in [9.17, 15) is 0 Å². The number of rotatable bonds is 4. The van der Waals surface area contributed by atoms with E-state index in [0.29, 0.717) is 12.6 Å². The van der Waals surface area contributed by atoms with E-state index < -0.39 is 0 Å². The maximum atomic E-state index is 5.67. The van der Waals surface area contributed by atoms with Crippen molar-refractivity contribution >= 4 is 22.6 Å². The van der Waals surface area contributed by atoms with Gasteiger partial charge in [-0.25, -0.2) is 9.67 Å². The Morgan fingerprint density at radius 2 is 2.00 bits per heavy atom. The lowest BCUT2D eigenvalue weighted by Gasteiger charge is -2.10. The van der Waals surface area contributed by atoms with E-state index >= 15 is 0 Å². The third-order valence-corrected chi connectivity index (χ3v) is 3.04. The smallest absolute Gasteiger partial charge is 0.165 e. The summed E-state index contributed by atoms with van der Waals surface area (Å²) in [6.07, 6.45) is 1.56. The highest BCUT2D eigenvalue weighted by atomic mass is 127. The van der Waals surface area contributed by atoms with E-state index in [0.717, 1.165) is 11.6 Å². The van der Waals surface area contributed by atoms with Crippen molar-refractivity contribution in [2.24, 2.45) is 0 Å². The zero-order chi connectivity index (χ0) is 12.3. The molecule has 0 fully saturated rings. The number of ether oxygens (including phenoxy) is 1. The Morgan fingerprint density at radius 1 is 1.29 bits per heavy atom. The highest BCUT2D eigenvalue weighted by molar-refractivity contribution is 14.1. The fourth-order valence-corrected chi connectivity index (χ4v) is 1.85. The Labute approximate surface area is 114 Å². The first-order valence-corrected chi connectivity index (χ1v) is 6.51. The lowest BCUT2D eigenvalue weighted by Crippen LogP contribution is -2.10. The summed E-state index contributed by atoms with van der Waals surface area (Å²) in [6, 6.07) is 8.25. The summed E-state index contributed by atoms with van der Waals surface area (Å²) >= 11 is 2.27. The summed E-state index contributed by atoms with van der Waals surface area (Å²) in [5.41, 5.74) is 0. The van der Waals surface area contributed by atoms with E-state index in [1.54, 1.807) is 6.33 Å². The van der Waals surface area contributed by atoms with Gasteiger partial charge < -0.3 is 4.74 Å². The largest absolute Gasteiger partial charge is 0.486 e. The average Bonchev–Trinajstić information content (AvgIpc) is 2.76. The minimum Gasteiger partial charge on any atom is -0.486 e. The second kappa shape index (κ2) is 5.48. The van der Waals surface area contributed by atoms with Crippen molar-refractivity contribution in [1.29, 1.82) is 0 Å². The fraction of sp³-hybridized carbons (Fsp3) is 0.333. The Bertz CT molecular complexity index is 479. The van der Waals surface area contributed by atoms with Crippen LogP contribution in [0.5, 0.6) is 5.75 Å². The van der Waals surface area contributed by atoms with Crippen LogP contribution in [-0.2, 0) is 6.61 Å². The molecule has 0 aliphatic carbocycles. The second-order valence-corrected chi connectivity index (χ2v) is 5.20. The first-order chi connectivity index (χ1) is 8.16. The van der Waals surface area contributed by atoms with Gasteiger partial charge in [0, 0.05) is 9.61 Å². The van der Waals surface area contributed by atoms with E-state index in [2.05, 4.69) is 46.5 Å². The molecule has 0 aliphatic heterocycles. The Morgan fingerprint density at radius 3 is 2.65 bits per heavy atom. The first-order valence-electron chi connectivity index (χ1n) is 5.43. The van der Waals surface area contributed by atoms with Gasteiger partial charge in [-0.15, -0.1) is 0 Å². The first kappa shape index (κ1) is 12.3. The highest BCUT2D eigenvalue weighted by Gasteiger charge is 2.07. The summed E-state index contributed by atoms with van der Waals surface area (Å²) in [5.74, 6) is 1.70. The highest BCUT2D eigenvalue weighted by Crippen LogP contribution is 2.15. The average molecular weight is 343 g/mol. The Hall–Kier alpha value is -1.11. The van der Waals surface area contributed by atoms with Gasteiger partial charge in [-0.3, -0.25) is 0 Å². The maximum absolute atomic E-state index is 5.67. The molecule has 0 aliphatic rings. The van der Waals surface area contributed by atoms with E-state index in [4.69, 9.17) is 4.74 Å². The molecular weight excluding hydrogens is 329 g/mol. The van der Waals surface area contributed by atoms with Gasteiger partial charge in [-0.2, -0.15) is 5.10 Å². The van der Waals surface area contributed by atoms with Gasteiger partial charge >= 0.3 is 0 Å². The molecule has 0 amide bonds. The Kier molecular flexibility index (Phi) is 3.98. The fourth-order valence-electron chi connectivity index (χ4n) is 1.49. The summed E-state index contributed by atoms with van der Waals surface area (Å²) in [5, 5.41) is 4.17. The molecule has 0 bridgehead atoms. The zero-order valence-corrected chi connectivity index (χ0v) is 12.0. The van der Waals surface area contributed by atoms with Crippen LogP contribution < -0.4 is 4.74 Å². The molecule has 17 heavy (non-hydrogen) atoms. The van der Waals surface area contributed by atoms with Crippen molar-refractivity contribution in [2.45, 2.75) is 26.5 Å². The van der Waals surface area contributed by atoms with Crippen LogP contribution in [0.1, 0.15) is 25.7 Å². The lowest BCUT2D eigenvalue weighted by atomic mass is 10.3. The molecule has 0 N–H and O–H groups in total. The van der Waals surface area contributed by atoms with Crippen molar-refractivity contribution in [3.05, 3.63) is 40.0 Å². The number of halogens is 1. The van der Waals surface area contributed by atoms with Gasteiger partial charge in [-0.1, -0.05) is 0 Å². The van der Waals surface area contributed by atoms with Crippen molar-refractivity contribution < 1.29 is 4.74 Å². The number of hydrogen-bond donors (Lipinski definition) is 0. The molecule has 2 aromatic rings. The third kappa shape index (κ3) is 3.18. The summed E-state index contributed by atoms with van der Waals surface area (Å²) < 4.78 is 8.73. The monoisotopic (exact) mass is 343 g/mol. The predicted octanol–water partition coefficient (Wildman–Crippen LogP) is 3.04. The van der Waals surface area contributed by atoms with Crippen LogP contribution in [0.2, 0.25) is 0 Å². The number of benzene rings is 1. The van der Waals surface area contributed by atoms with Gasteiger partial charge in [0.05, 0.1) is 0 Å². The van der Waals surface area contributed by atoms with E-state index in [1.807, 2.05) is 28.9 Å². The second-order valence-electron chi connectivity index (χ2n) is 3.96. The van der Waals surface area contributed by atoms with Crippen LogP contribution in [0, 0.1) is 3.57 Å². The van der Waals surface area contributed by atoms with Crippen molar-refractivity contribution in [1.82, 2.24) is 14.8 Å². The topological polar surface area (TPSA) is 39.9 Å². The van der Waals surface area contributed by atoms with Crippen LogP contribution in [0.15, 0.2) is 30.6 Å². The van der Waals surface area contributed by atoms with Crippen LogP contribution in [0.4, 0.5) is 0 Å². The van der Waals surface area contributed by atoms with Gasteiger partial charge in [-0.05, 0) is 60.7 Å². The van der Waals surface area contributed by atoms with Gasteiger partial charge in [0.15, 0.2) is 5.82 Å². The molecule has 1 aromatic carbocycles. The number of hydrogen-bond acceptors (Lipinski definition) is 3. The van der Waals surface area contributed by atoms with Crippen molar-refractivity contribution in [3.8, 4) is 5.75 Å². The Balaban J connectivity index is 2.02. The third-order valence-electron chi connectivity index (χ3n) is 2.32. The lowest BCUT2D eigenvalue weighted by molar-refractivity contribution is 0.282. The standard InChI is InChI=1S/C12H14IN3O/c1-9(2)16-12(14-8-15-16)7-17-11-5-3-10(13)4-6-11/h3-6,8-9H,7H2,1-2H3. The summed E-state index contributed by atoms with van der Waals surface area (Å²) in [6.45, 7) is 4.59. The quantitative estimate of drug-likeness (QED) is 0.801. The van der Waals surface area contributed by atoms with Crippen LogP contribution in [-0.4, -0.2) is 14.8 Å². The normalized spacial score (nSPS) is 10.8. The molecular formula is C12H14IN3O. The number of aromatic nitrogens is 3. The molecule has 90 valence electrons. The number of nitrogens with zero attached hydrogens (tertiary/aromatic N) is 3. The molecule has 0 saturated carbocycles. The molecule has 0 spiro atoms. The zero-order valence-electron chi connectivity index (χ0n) is 9.80. The molecule has 0 unspecified atom stereocenters. The summed E-state index contributed by atoms with van der Waals surface area (Å²) in [4.78, 5) is 4.20. The van der Waals surface area contributed by atoms with Crippen LogP contribution in [0.3, 0.4) is 0 Å².